The highest BCUT2D eigenvalue weighted by molar-refractivity contribution is 6.77. The van der Waals surface area contributed by atoms with E-state index >= 15 is 0 Å². The minimum absolute atomic E-state index is 0.219. The molecule has 4 aliphatic carbocycles. The SMILES string of the molecule is CC(C=O)[C@H]1CC[C@H]2[C@@H]3CC=C4CC(O[Si](C(C)C)(C(C)C)C(C)C)CC[C@]4(C)[C@H]3CC[C@]12C. The van der Waals surface area contributed by atoms with E-state index in [4.69, 9.17) is 4.43 Å². The molecule has 3 fully saturated rings. The molecule has 0 spiro atoms. The molecule has 0 aromatic rings. The number of carbonyl (C=O) groups excluding carboxylic acids is 1. The standard InChI is InChI=1S/C31H54O2Si/c1-20(2)34(21(3)4,22(5)6)33-25-14-16-30(8)24(18-25)10-11-26-28-13-12-27(23(7)19-32)31(28,9)17-15-29(26)30/h10,19-23,25-29H,11-18H2,1-9H3/t23?,25?,26-,27+,28-,29-,30-,31+/m0/s1. The summed E-state index contributed by atoms with van der Waals surface area (Å²) in [7, 11) is -1.84. The maximum atomic E-state index is 11.7. The third-order valence-electron chi connectivity index (χ3n) is 12.1. The zero-order valence-electron chi connectivity index (χ0n) is 23.8. The Morgan fingerprint density at radius 1 is 0.912 bits per heavy atom. The normalized spacial score (nSPS) is 41.2. The van der Waals surface area contributed by atoms with Crippen molar-refractivity contribution in [2.45, 2.75) is 136 Å². The third-order valence-corrected chi connectivity index (χ3v) is 18.2. The van der Waals surface area contributed by atoms with E-state index in [1.54, 1.807) is 5.57 Å². The second-order valence-corrected chi connectivity index (χ2v) is 19.7. The van der Waals surface area contributed by atoms with Crippen LogP contribution in [0.25, 0.3) is 0 Å². The van der Waals surface area contributed by atoms with Crippen molar-refractivity contribution in [2.24, 2.45) is 40.4 Å². The summed E-state index contributed by atoms with van der Waals surface area (Å²) in [5.41, 5.74) is 4.46. The third kappa shape index (κ3) is 3.94. The fourth-order valence-electron chi connectivity index (χ4n) is 10.4. The topological polar surface area (TPSA) is 26.3 Å². The predicted molar refractivity (Wildman–Crippen MR) is 146 cm³/mol. The first kappa shape index (κ1) is 26.6. The second-order valence-electron chi connectivity index (χ2n) is 14.3. The minimum atomic E-state index is -1.84. The van der Waals surface area contributed by atoms with E-state index in [0.29, 0.717) is 39.5 Å². The molecule has 0 amide bonds. The largest absolute Gasteiger partial charge is 0.413 e. The van der Waals surface area contributed by atoms with Gasteiger partial charge in [-0.2, -0.15) is 0 Å². The summed E-state index contributed by atoms with van der Waals surface area (Å²) in [6.07, 6.45) is 14.6. The van der Waals surface area contributed by atoms with Crippen LogP contribution in [0.15, 0.2) is 11.6 Å². The Kier molecular flexibility index (Phi) is 7.42. The monoisotopic (exact) mass is 486 g/mol. The minimum Gasteiger partial charge on any atom is -0.413 e. The molecule has 34 heavy (non-hydrogen) atoms. The van der Waals surface area contributed by atoms with Crippen LogP contribution in [0.4, 0.5) is 0 Å². The van der Waals surface area contributed by atoms with Crippen molar-refractivity contribution in [3.05, 3.63) is 11.6 Å². The molecule has 2 unspecified atom stereocenters. The highest BCUT2D eigenvalue weighted by Crippen LogP contribution is 2.67. The molecular weight excluding hydrogens is 432 g/mol. The van der Waals surface area contributed by atoms with Crippen molar-refractivity contribution in [2.75, 3.05) is 0 Å². The predicted octanol–water partition coefficient (Wildman–Crippen LogP) is 8.96. The highest BCUT2D eigenvalue weighted by Gasteiger charge is 2.59. The van der Waals surface area contributed by atoms with Crippen molar-refractivity contribution in [1.82, 2.24) is 0 Å². The van der Waals surface area contributed by atoms with Gasteiger partial charge in [0.1, 0.15) is 6.29 Å². The van der Waals surface area contributed by atoms with Gasteiger partial charge in [0.2, 0.25) is 8.32 Å². The van der Waals surface area contributed by atoms with Crippen LogP contribution in [0.1, 0.15) is 114 Å². The quantitative estimate of drug-likeness (QED) is 0.204. The smallest absolute Gasteiger partial charge is 0.200 e. The van der Waals surface area contributed by atoms with Crippen molar-refractivity contribution in [1.29, 1.82) is 0 Å². The van der Waals surface area contributed by atoms with Gasteiger partial charge in [0.05, 0.1) is 0 Å². The number of rotatable bonds is 7. The molecule has 4 rings (SSSR count). The fraction of sp³-hybridized carbons (Fsp3) is 0.903. The average Bonchev–Trinajstić information content (AvgIpc) is 3.13. The zero-order valence-corrected chi connectivity index (χ0v) is 24.8. The van der Waals surface area contributed by atoms with Gasteiger partial charge in [-0.1, -0.05) is 74.0 Å². The summed E-state index contributed by atoms with van der Waals surface area (Å²) in [5, 5.41) is 0. The van der Waals surface area contributed by atoms with E-state index in [1.807, 2.05) is 0 Å². The van der Waals surface area contributed by atoms with Crippen LogP contribution >= 0.6 is 0 Å². The summed E-state index contributed by atoms with van der Waals surface area (Å²) in [6.45, 7) is 21.9. The maximum absolute atomic E-state index is 11.7. The number of aldehydes is 1. The molecule has 0 aromatic heterocycles. The summed E-state index contributed by atoms with van der Waals surface area (Å²) in [4.78, 5) is 11.7. The van der Waals surface area contributed by atoms with Gasteiger partial charge < -0.3 is 9.22 Å². The molecule has 0 N–H and O–H groups in total. The molecule has 3 heteroatoms. The van der Waals surface area contributed by atoms with E-state index in [1.165, 1.54) is 57.7 Å². The van der Waals surface area contributed by atoms with Crippen LogP contribution in [0, 0.1) is 40.4 Å². The molecule has 8 atom stereocenters. The summed E-state index contributed by atoms with van der Waals surface area (Å²) in [6, 6.07) is 0. The number of hydrogen-bond donors (Lipinski definition) is 0. The van der Waals surface area contributed by atoms with Crippen molar-refractivity contribution < 1.29 is 9.22 Å². The molecule has 0 heterocycles. The van der Waals surface area contributed by atoms with E-state index < -0.39 is 8.32 Å². The van der Waals surface area contributed by atoms with Crippen LogP contribution in [0.5, 0.6) is 0 Å². The Morgan fingerprint density at radius 2 is 1.56 bits per heavy atom. The lowest BCUT2D eigenvalue weighted by Crippen LogP contribution is -2.53. The molecular formula is C31H54O2Si. The van der Waals surface area contributed by atoms with Gasteiger partial charge in [0.25, 0.3) is 0 Å². The molecule has 0 bridgehead atoms. The van der Waals surface area contributed by atoms with E-state index in [-0.39, 0.29) is 5.92 Å². The lowest BCUT2D eigenvalue weighted by atomic mass is 9.47. The summed E-state index contributed by atoms with van der Waals surface area (Å²) in [5.74, 6) is 3.28. The maximum Gasteiger partial charge on any atom is 0.200 e. The van der Waals surface area contributed by atoms with E-state index in [9.17, 15) is 4.79 Å². The molecule has 0 aromatic carbocycles. The zero-order chi connectivity index (χ0) is 25.1. The first-order chi connectivity index (χ1) is 15.9. The van der Waals surface area contributed by atoms with Crippen molar-refractivity contribution in [3.63, 3.8) is 0 Å². The molecule has 3 saturated carbocycles. The molecule has 194 valence electrons. The lowest BCUT2D eigenvalue weighted by molar-refractivity contribution is -0.115. The van der Waals surface area contributed by atoms with Crippen molar-refractivity contribution >= 4 is 14.6 Å². The van der Waals surface area contributed by atoms with E-state index in [0.717, 1.165) is 17.8 Å². The second kappa shape index (κ2) is 9.47. The Balaban J connectivity index is 1.54. The molecule has 0 saturated heterocycles. The van der Waals surface area contributed by atoms with Gasteiger partial charge in [0.15, 0.2) is 0 Å². The lowest BCUT2D eigenvalue weighted by Gasteiger charge is -2.59. The van der Waals surface area contributed by atoms with Crippen LogP contribution in [0.3, 0.4) is 0 Å². The Morgan fingerprint density at radius 3 is 2.15 bits per heavy atom. The number of allylic oxidation sites excluding steroid dienone is 1. The van der Waals surface area contributed by atoms with Gasteiger partial charge in [0, 0.05) is 12.0 Å². The number of hydrogen-bond acceptors (Lipinski definition) is 2. The Labute approximate surface area is 212 Å². The van der Waals surface area contributed by atoms with Crippen LogP contribution in [-0.4, -0.2) is 20.7 Å². The Bertz CT molecular complexity index is 763. The molecule has 0 radical (unpaired) electrons. The summed E-state index contributed by atoms with van der Waals surface area (Å²) < 4.78 is 7.30. The van der Waals surface area contributed by atoms with Crippen LogP contribution in [0.2, 0.25) is 16.6 Å². The Hall–Kier alpha value is -0.413. The van der Waals surface area contributed by atoms with Crippen molar-refractivity contribution in [3.8, 4) is 0 Å². The van der Waals surface area contributed by atoms with Gasteiger partial charge in [-0.3, -0.25) is 0 Å². The molecule has 2 nitrogen and oxygen atoms in total. The van der Waals surface area contributed by atoms with Gasteiger partial charge in [-0.05, 0) is 102 Å². The van der Waals surface area contributed by atoms with Gasteiger partial charge in [-0.25, -0.2) is 0 Å². The number of fused-ring (bicyclic) bond motifs is 5. The van der Waals surface area contributed by atoms with E-state index in [2.05, 4.69) is 68.4 Å². The first-order valence-electron chi connectivity index (χ1n) is 14.7. The summed E-state index contributed by atoms with van der Waals surface area (Å²) >= 11 is 0. The number of carbonyl (C=O) groups is 1. The highest BCUT2D eigenvalue weighted by atomic mass is 28.4. The first-order valence-corrected chi connectivity index (χ1v) is 16.9. The van der Waals surface area contributed by atoms with Crippen LogP contribution < -0.4 is 0 Å². The average molecular weight is 487 g/mol. The fourth-order valence-corrected chi connectivity index (χ4v) is 16.0. The van der Waals surface area contributed by atoms with Crippen LogP contribution in [-0.2, 0) is 9.22 Å². The molecule has 4 aliphatic rings. The van der Waals surface area contributed by atoms with Gasteiger partial charge in [-0.15, -0.1) is 0 Å². The molecule has 0 aliphatic heterocycles. The van der Waals surface area contributed by atoms with Gasteiger partial charge >= 0.3 is 0 Å².